The van der Waals surface area contributed by atoms with Gasteiger partial charge in [0.1, 0.15) is 29.6 Å². The summed E-state index contributed by atoms with van der Waals surface area (Å²) < 4.78 is 23.8. The van der Waals surface area contributed by atoms with E-state index in [-0.39, 0.29) is 34.4 Å². The Labute approximate surface area is 163 Å². The van der Waals surface area contributed by atoms with E-state index in [1.807, 2.05) is 0 Å². The van der Waals surface area contributed by atoms with Gasteiger partial charge in [0.05, 0.1) is 10.5 Å². The lowest BCUT2D eigenvalue weighted by Gasteiger charge is -2.08. The molecule has 0 aliphatic rings. The lowest BCUT2D eigenvalue weighted by atomic mass is 10.2. The van der Waals surface area contributed by atoms with Crippen molar-refractivity contribution in [3.63, 3.8) is 0 Å². The minimum atomic E-state index is -0.722. The second-order valence-corrected chi connectivity index (χ2v) is 6.12. The molecule has 0 radical (unpaired) electrons. The molecule has 0 unspecified atom stereocenters. The summed E-state index contributed by atoms with van der Waals surface area (Å²) in [6, 6.07) is 9.36. The highest BCUT2D eigenvalue weighted by molar-refractivity contribution is 6.31. The largest absolute Gasteiger partial charge is 0.489 e. The number of hydrogen-bond donors (Lipinski definition) is 1. The van der Waals surface area contributed by atoms with Crippen LogP contribution in [0.2, 0.25) is 5.02 Å². The fourth-order valence-electron chi connectivity index (χ4n) is 2.39. The number of nitrogens with one attached hydrogen (secondary N) is 1. The zero-order valence-electron chi connectivity index (χ0n) is 14.4. The van der Waals surface area contributed by atoms with E-state index in [0.717, 1.165) is 6.07 Å². The maximum atomic E-state index is 13.3. The number of benzene rings is 2. The molecule has 1 N–H and O–H groups in total. The monoisotopic (exact) mass is 405 g/mol. The van der Waals surface area contributed by atoms with Gasteiger partial charge in [-0.3, -0.25) is 14.9 Å². The van der Waals surface area contributed by atoms with Crippen LogP contribution < -0.4 is 10.1 Å². The quantitative estimate of drug-likeness (QED) is 0.477. The summed E-state index contributed by atoms with van der Waals surface area (Å²) in [5.41, 5.74) is -0.174. The number of aryl methyl sites for hydroxylation is 1. The summed E-state index contributed by atoms with van der Waals surface area (Å²) in [6.45, 7) is 1.48. The van der Waals surface area contributed by atoms with Crippen molar-refractivity contribution in [2.45, 2.75) is 13.5 Å². The van der Waals surface area contributed by atoms with Crippen molar-refractivity contribution in [3.8, 4) is 5.75 Å². The Morgan fingerprint density at radius 2 is 2.14 bits per heavy atom. The molecule has 0 saturated carbocycles. The van der Waals surface area contributed by atoms with Gasteiger partial charge in [-0.1, -0.05) is 22.8 Å². The molecular formula is C18H13ClFN3O5. The number of nitrogens with zero attached hydrogens (tertiary/aromatic N) is 2. The van der Waals surface area contributed by atoms with E-state index >= 15 is 0 Å². The predicted octanol–water partition coefficient (Wildman–Crippen LogP) is 4.52. The van der Waals surface area contributed by atoms with Crippen LogP contribution in [0.4, 0.5) is 15.8 Å². The van der Waals surface area contributed by atoms with E-state index in [1.165, 1.54) is 30.3 Å². The number of nitro groups is 1. The Kier molecular flexibility index (Phi) is 5.55. The maximum Gasteiger partial charge on any atom is 0.294 e. The van der Waals surface area contributed by atoms with Crippen LogP contribution in [-0.4, -0.2) is 16.0 Å². The summed E-state index contributed by atoms with van der Waals surface area (Å²) >= 11 is 5.77. The first kappa shape index (κ1) is 19.3. The number of rotatable bonds is 6. The summed E-state index contributed by atoms with van der Waals surface area (Å²) in [6.07, 6.45) is 0. The molecule has 1 heterocycles. The predicted molar refractivity (Wildman–Crippen MR) is 98.0 cm³/mol. The number of halogens is 2. The number of amides is 1. The van der Waals surface area contributed by atoms with E-state index in [0.29, 0.717) is 11.3 Å². The summed E-state index contributed by atoms with van der Waals surface area (Å²) in [7, 11) is 0. The Balaban J connectivity index is 1.81. The van der Waals surface area contributed by atoms with Gasteiger partial charge in [-0.2, -0.15) is 0 Å². The van der Waals surface area contributed by atoms with E-state index < -0.39 is 16.6 Å². The van der Waals surface area contributed by atoms with E-state index in [2.05, 4.69) is 10.5 Å². The smallest absolute Gasteiger partial charge is 0.294 e. The Morgan fingerprint density at radius 3 is 2.86 bits per heavy atom. The lowest BCUT2D eigenvalue weighted by molar-refractivity contribution is -0.383. The van der Waals surface area contributed by atoms with Crippen molar-refractivity contribution in [1.82, 2.24) is 5.16 Å². The minimum absolute atomic E-state index is 0.0444. The molecule has 28 heavy (non-hydrogen) atoms. The average molecular weight is 406 g/mol. The fraction of sp³-hybridized carbons (Fsp3) is 0.111. The van der Waals surface area contributed by atoms with Crippen molar-refractivity contribution in [2.24, 2.45) is 0 Å². The highest BCUT2D eigenvalue weighted by atomic mass is 35.5. The average Bonchev–Trinajstić information content (AvgIpc) is 3.02. The van der Waals surface area contributed by atoms with Crippen molar-refractivity contribution in [2.75, 3.05) is 5.32 Å². The lowest BCUT2D eigenvalue weighted by Crippen LogP contribution is -2.16. The second-order valence-electron chi connectivity index (χ2n) is 5.68. The van der Waals surface area contributed by atoms with Crippen LogP contribution in [0.5, 0.6) is 5.75 Å². The maximum absolute atomic E-state index is 13.3. The fourth-order valence-corrected chi connectivity index (χ4v) is 2.56. The molecule has 1 aromatic heterocycles. The minimum Gasteiger partial charge on any atom is -0.489 e. The summed E-state index contributed by atoms with van der Waals surface area (Å²) in [5.74, 6) is -0.597. The van der Waals surface area contributed by atoms with Crippen LogP contribution in [0.15, 0.2) is 47.0 Å². The van der Waals surface area contributed by atoms with Crippen molar-refractivity contribution in [3.05, 3.63) is 80.4 Å². The van der Waals surface area contributed by atoms with E-state index in [4.69, 9.17) is 20.9 Å². The second kappa shape index (κ2) is 8.05. The van der Waals surface area contributed by atoms with Gasteiger partial charge in [0.25, 0.3) is 11.6 Å². The third-order valence-corrected chi connectivity index (χ3v) is 4.02. The van der Waals surface area contributed by atoms with Crippen LogP contribution in [0.3, 0.4) is 0 Å². The SMILES string of the molecule is Cc1onc(C(=O)Nc2ccc(Cl)cc2[N+](=O)[O-])c1COc1cccc(F)c1. The van der Waals surface area contributed by atoms with Gasteiger partial charge in [-0.05, 0) is 31.2 Å². The number of anilines is 1. The Hall–Kier alpha value is -3.46. The van der Waals surface area contributed by atoms with Crippen LogP contribution in [0.25, 0.3) is 0 Å². The molecule has 10 heteroatoms. The van der Waals surface area contributed by atoms with Gasteiger partial charge in [0.15, 0.2) is 5.69 Å². The molecule has 144 valence electrons. The number of aromatic nitrogens is 1. The summed E-state index contributed by atoms with van der Waals surface area (Å²) in [5, 5.41) is 17.4. The van der Waals surface area contributed by atoms with Crippen molar-refractivity contribution < 1.29 is 23.4 Å². The van der Waals surface area contributed by atoms with E-state index in [9.17, 15) is 19.3 Å². The van der Waals surface area contributed by atoms with Crippen LogP contribution in [0, 0.1) is 22.9 Å². The van der Waals surface area contributed by atoms with Crippen LogP contribution in [0.1, 0.15) is 21.8 Å². The van der Waals surface area contributed by atoms with Gasteiger partial charge in [-0.15, -0.1) is 0 Å². The molecule has 8 nitrogen and oxygen atoms in total. The van der Waals surface area contributed by atoms with Crippen LogP contribution in [-0.2, 0) is 6.61 Å². The number of carbonyl (C=O) groups is 1. The third-order valence-electron chi connectivity index (χ3n) is 3.78. The van der Waals surface area contributed by atoms with Gasteiger partial charge in [0, 0.05) is 17.2 Å². The number of ether oxygens (including phenoxy) is 1. The summed E-state index contributed by atoms with van der Waals surface area (Å²) in [4.78, 5) is 23.1. The molecule has 0 atom stereocenters. The molecule has 0 saturated heterocycles. The van der Waals surface area contributed by atoms with Gasteiger partial charge < -0.3 is 14.6 Å². The van der Waals surface area contributed by atoms with Gasteiger partial charge >= 0.3 is 0 Å². The zero-order chi connectivity index (χ0) is 20.3. The van der Waals surface area contributed by atoms with Gasteiger partial charge in [-0.25, -0.2) is 4.39 Å². The first-order valence-electron chi connectivity index (χ1n) is 7.94. The standard InChI is InChI=1S/C18H13ClFN3O5/c1-10-14(9-27-13-4-2-3-12(20)8-13)17(22-28-10)18(24)21-15-6-5-11(19)7-16(15)23(25)26/h2-8H,9H2,1H3,(H,21,24). The molecule has 3 aromatic rings. The number of hydrogen-bond acceptors (Lipinski definition) is 6. The molecule has 0 fully saturated rings. The molecule has 3 rings (SSSR count). The molecule has 2 aromatic carbocycles. The van der Waals surface area contributed by atoms with Crippen molar-refractivity contribution >= 4 is 28.9 Å². The normalized spacial score (nSPS) is 10.5. The Morgan fingerprint density at radius 1 is 1.36 bits per heavy atom. The third kappa shape index (κ3) is 4.26. The van der Waals surface area contributed by atoms with Gasteiger partial charge in [0.2, 0.25) is 0 Å². The zero-order valence-corrected chi connectivity index (χ0v) is 15.2. The highest BCUT2D eigenvalue weighted by Crippen LogP contribution is 2.28. The molecule has 0 spiro atoms. The molecule has 1 amide bonds. The van der Waals surface area contributed by atoms with Crippen molar-refractivity contribution in [1.29, 1.82) is 0 Å². The highest BCUT2D eigenvalue weighted by Gasteiger charge is 2.23. The molecule has 0 aliphatic heterocycles. The first-order valence-corrected chi connectivity index (χ1v) is 8.31. The molecule has 0 aliphatic carbocycles. The first-order chi connectivity index (χ1) is 13.3. The van der Waals surface area contributed by atoms with E-state index in [1.54, 1.807) is 13.0 Å². The molecular weight excluding hydrogens is 393 g/mol. The molecule has 0 bridgehead atoms. The van der Waals surface area contributed by atoms with Crippen LogP contribution >= 0.6 is 11.6 Å². The number of nitro benzene ring substituents is 1. The topological polar surface area (TPSA) is 108 Å². The number of carbonyl (C=O) groups excluding carboxylic acids is 1. The Bertz CT molecular complexity index is 1050.